The van der Waals surface area contributed by atoms with Gasteiger partial charge in [0.2, 0.25) is 0 Å². The third kappa shape index (κ3) is 4.66. The summed E-state index contributed by atoms with van der Waals surface area (Å²) in [6.07, 6.45) is 0. The van der Waals surface area contributed by atoms with Gasteiger partial charge in [-0.05, 0) is 6.92 Å². The van der Waals surface area contributed by atoms with E-state index in [2.05, 4.69) is 5.32 Å². The van der Waals surface area contributed by atoms with E-state index in [1.807, 2.05) is 6.92 Å². The monoisotopic (exact) mass is 176 g/mol. The van der Waals surface area contributed by atoms with Crippen molar-refractivity contribution in [2.45, 2.75) is 12.5 Å². The quantitative estimate of drug-likeness (QED) is 0.518. The molecule has 0 saturated carbocycles. The SMILES string of the molecule is COCCNC(C)(CN)COC. The highest BCUT2D eigenvalue weighted by Gasteiger charge is 2.20. The van der Waals surface area contributed by atoms with E-state index in [9.17, 15) is 0 Å². The molecule has 0 aliphatic rings. The molecule has 0 fully saturated rings. The highest BCUT2D eigenvalue weighted by Crippen LogP contribution is 2.00. The normalized spacial score (nSPS) is 16.0. The van der Waals surface area contributed by atoms with Gasteiger partial charge in [-0.3, -0.25) is 0 Å². The fraction of sp³-hybridized carbons (Fsp3) is 1.00. The van der Waals surface area contributed by atoms with E-state index in [1.54, 1.807) is 14.2 Å². The number of hydrogen-bond donors (Lipinski definition) is 2. The summed E-state index contributed by atoms with van der Waals surface area (Å²) in [6.45, 7) is 4.71. The van der Waals surface area contributed by atoms with Crippen LogP contribution in [0.15, 0.2) is 0 Å². The third-order valence-corrected chi connectivity index (χ3v) is 1.77. The number of methoxy groups -OCH3 is 2. The maximum Gasteiger partial charge on any atom is 0.0654 e. The molecule has 4 heteroatoms. The summed E-state index contributed by atoms with van der Waals surface area (Å²) >= 11 is 0. The molecule has 0 heterocycles. The average molecular weight is 176 g/mol. The van der Waals surface area contributed by atoms with Crippen LogP contribution < -0.4 is 11.1 Å². The predicted molar refractivity (Wildman–Crippen MR) is 49.2 cm³/mol. The fourth-order valence-corrected chi connectivity index (χ4v) is 0.956. The molecule has 0 aliphatic heterocycles. The lowest BCUT2D eigenvalue weighted by Crippen LogP contribution is -2.53. The molecule has 3 N–H and O–H groups in total. The molecule has 0 amide bonds. The first-order valence-electron chi connectivity index (χ1n) is 4.11. The van der Waals surface area contributed by atoms with Crippen LogP contribution in [0.5, 0.6) is 0 Å². The van der Waals surface area contributed by atoms with E-state index in [1.165, 1.54) is 0 Å². The highest BCUT2D eigenvalue weighted by molar-refractivity contribution is 4.83. The largest absolute Gasteiger partial charge is 0.383 e. The lowest BCUT2D eigenvalue weighted by molar-refractivity contribution is 0.113. The van der Waals surface area contributed by atoms with Gasteiger partial charge in [-0.2, -0.15) is 0 Å². The summed E-state index contributed by atoms with van der Waals surface area (Å²) in [5.74, 6) is 0. The Labute approximate surface area is 74.4 Å². The molecule has 0 radical (unpaired) electrons. The first-order chi connectivity index (χ1) is 5.68. The number of ether oxygens (including phenoxy) is 2. The van der Waals surface area contributed by atoms with E-state index in [0.29, 0.717) is 19.8 Å². The smallest absolute Gasteiger partial charge is 0.0654 e. The minimum atomic E-state index is -0.132. The van der Waals surface area contributed by atoms with Crippen molar-refractivity contribution in [2.24, 2.45) is 5.73 Å². The molecule has 1 unspecified atom stereocenters. The number of hydrogen-bond acceptors (Lipinski definition) is 4. The van der Waals surface area contributed by atoms with Gasteiger partial charge in [0, 0.05) is 27.3 Å². The van der Waals surface area contributed by atoms with Crippen molar-refractivity contribution in [3.8, 4) is 0 Å². The Kier molecular flexibility index (Phi) is 6.28. The Morgan fingerprint density at radius 2 is 2.00 bits per heavy atom. The molecule has 0 aromatic heterocycles. The summed E-state index contributed by atoms with van der Waals surface area (Å²) in [5, 5.41) is 3.27. The van der Waals surface area contributed by atoms with Crippen LogP contribution in [0.3, 0.4) is 0 Å². The van der Waals surface area contributed by atoms with Crippen molar-refractivity contribution in [3.63, 3.8) is 0 Å². The summed E-state index contributed by atoms with van der Waals surface area (Å²) in [7, 11) is 3.35. The molecule has 74 valence electrons. The van der Waals surface area contributed by atoms with Gasteiger partial charge in [0.15, 0.2) is 0 Å². The minimum Gasteiger partial charge on any atom is -0.383 e. The maximum atomic E-state index is 5.59. The number of nitrogens with two attached hydrogens (primary N) is 1. The molecule has 0 aromatic carbocycles. The van der Waals surface area contributed by atoms with Gasteiger partial charge < -0.3 is 20.5 Å². The van der Waals surface area contributed by atoms with Crippen LogP contribution >= 0.6 is 0 Å². The van der Waals surface area contributed by atoms with Crippen molar-refractivity contribution in [1.82, 2.24) is 5.32 Å². The van der Waals surface area contributed by atoms with Crippen molar-refractivity contribution in [2.75, 3.05) is 40.5 Å². The lowest BCUT2D eigenvalue weighted by atomic mass is 10.0. The topological polar surface area (TPSA) is 56.5 Å². The predicted octanol–water partition coefficient (Wildman–Crippen LogP) is -0.414. The van der Waals surface area contributed by atoms with Gasteiger partial charge in [-0.1, -0.05) is 0 Å². The van der Waals surface area contributed by atoms with Crippen molar-refractivity contribution in [3.05, 3.63) is 0 Å². The lowest BCUT2D eigenvalue weighted by Gasteiger charge is -2.28. The van der Waals surface area contributed by atoms with E-state index < -0.39 is 0 Å². The zero-order valence-corrected chi connectivity index (χ0v) is 8.22. The van der Waals surface area contributed by atoms with Crippen LogP contribution in [0.25, 0.3) is 0 Å². The summed E-state index contributed by atoms with van der Waals surface area (Å²) in [4.78, 5) is 0. The standard InChI is InChI=1S/C8H20N2O2/c1-8(6-9,7-12-3)10-4-5-11-2/h10H,4-7,9H2,1-3H3. The molecule has 12 heavy (non-hydrogen) atoms. The molecule has 4 nitrogen and oxygen atoms in total. The zero-order chi connectivity index (χ0) is 9.45. The summed E-state index contributed by atoms with van der Waals surface area (Å²) in [5.41, 5.74) is 5.46. The fourth-order valence-electron chi connectivity index (χ4n) is 0.956. The maximum absolute atomic E-state index is 5.59. The first-order valence-corrected chi connectivity index (χ1v) is 4.11. The molecule has 0 aliphatic carbocycles. The molecule has 0 aromatic rings. The zero-order valence-electron chi connectivity index (χ0n) is 8.22. The van der Waals surface area contributed by atoms with E-state index in [0.717, 1.165) is 6.54 Å². The van der Waals surface area contributed by atoms with Gasteiger partial charge in [0.05, 0.1) is 18.8 Å². The van der Waals surface area contributed by atoms with Gasteiger partial charge in [0.1, 0.15) is 0 Å². The molecule has 0 saturated heterocycles. The molecular formula is C8H20N2O2. The molecule has 1 atom stereocenters. The third-order valence-electron chi connectivity index (χ3n) is 1.77. The second-order valence-corrected chi connectivity index (χ2v) is 3.12. The van der Waals surface area contributed by atoms with Crippen LogP contribution in [-0.4, -0.2) is 46.1 Å². The van der Waals surface area contributed by atoms with Crippen LogP contribution in [0.1, 0.15) is 6.92 Å². The van der Waals surface area contributed by atoms with Crippen LogP contribution in [-0.2, 0) is 9.47 Å². The molecular weight excluding hydrogens is 156 g/mol. The Bertz CT molecular complexity index is 111. The van der Waals surface area contributed by atoms with E-state index >= 15 is 0 Å². The van der Waals surface area contributed by atoms with Crippen molar-refractivity contribution < 1.29 is 9.47 Å². The second-order valence-electron chi connectivity index (χ2n) is 3.12. The van der Waals surface area contributed by atoms with Gasteiger partial charge in [0.25, 0.3) is 0 Å². The minimum absolute atomic E-state index is 0.132. The van der Waals surface area contributed by atoms with Gasteiger partial charge in [-0.25, -0.2) is 0 Å². The van der Waals surface area contributed by atoms with Crippen LogP contribution in [0.4, 0.5) is 0 Å². The highest BCUT2D eigenvalue weighted by atomic mass is 16.5. The average Bonchev–Trinajstić information content (AvgIpc) is 2.06. The molecule has 0 rings (SSSR count). The first kappa shape index (κ1) is 11.8. The Hall–Kier alpha value is -0.160. The summed E-state index contributed by atoms with van der Waals surface area (Å²) < 4.78 is 9.96. The summed E-state index contributed by atoms with van der Waals surface area (Å²) in [6, 6.07) is 0. The Balaban J connectivity index is 3.63. The molecule has 0 bridgehead atoms. The van der Waals surface area contributed by atoms with Crippen LogP contribution in [0, 0.1) is 0 Å². The van der Waals surface area contributed by atoms with E-state index in [-0.39, 0.29) is 5.54 Å². The Morgan fingerprint density at radius 1 is 1.33 bits per heavy atom. The van der Waals surface area contributed by atoms with Crippen LogP contribution in [0.2, 0.25) is 0 Å². The van der Waals surface area contributed by atoms with Crippen molar-refractivity contribution >= 4 is 0 Å². The van der Waals surface area contributed by atoms with Gasteiger partial charge in [-0.15, -0.1) is 0 Å². The van der Waals surface area contributed by atoms with Crippen molar-refractivity contribution in [1.29, 1.82) is 0 Å². The molecule has 0 spiro atoms. The second kappa shape index (κ2) is 6.37. The number of nitrogens with one attached hydrogen (secondary N) is 1. The Morgan fingerprint density at radius 3 is 2.42 bits per heavy atom. The number of rotatable bonds is 7. The van der Waals surface area contributed by atoms with E-state index in [4.69, 9.17) is 15.2 Å². The van der Waals surface area contributed by atoms with Gasteiger partial charge >= 0.3 is 0 Å².